The molecule has 156 valence electrons. The van der Waals surface area contributed by atoms with Crippen LogP contribution in [0.3, 0.4) is 0 Å². The third kappa shape index (κ3) is 5.73. The van der Waals surface area contributed by atoms with Crippen molar-refractivity contribution in [2.75, 3.05) is 26.8 Å². The van der Waals surface area contributed by atoms with Crippen molar-refractivity contribution in [3.8, 4) is 5.75 Å². The topological polar surface area (TPSA) is 38.8 Å². The summed E-state index contributed by atoms with van der Waals surface area (Å²) in [5, 5.41) is 0. The number of carbonyl (C=O) groups is 1. The van der Waals surface area contributed by atoms with E-state index in [0.29, 0.717) is 35.9 Å². The van der Waals surface area contributed by atoms with E-state index in [9.17, 15) is 18.0 Å². The summed E-state index contributed by atoms with van der Waals surface area (Å²) in [6, 6.07) is 14.9. The Kier molecular flexibility index (Phi) is 6.79. The van der Waals surface area contributed by atoms with Crippen molar-refractivity contribution in [3.63, 3.8) is 0 Å². The molecule has 1 heterocycles. The van der Waals surface area contributed by atoms with Crippen LogP contribution in [0.5, 0.6) is 5.75 Å². The summed E-state index contributed by atoms with van der Waals surface area (Å²) in [7, 11) is 1.42. The predicted octanol–water partition coefficient (Wildman–Crippen LogP) is 4.79. The first-order valence-corrected chi connectivity index (χ1v) is 9.53. The van der Waals surface area contributed by atoms with Gasteiger partial charge in [-0.2, -0.15) is 13.2 Å². The van der Waals surface area contributed by atoms with E-state index in [1.807, 2.05) is 23.1 Å². The molecule has 0 bridgehead atoms. The minimum absolute atomic E-state index is 0.105. The maximum absolute atomic E-state index is 13.0. The second-order valence-electron chi connectivity index (χ2n) is 7.14. The fourth-order valence-corrected chi connectivity index (χ4v) is 3.62. The molecule has 1 amide bonds. The van der Waals surface area contributed by atoms with Gasteiger partial charge in [-0.05, 0) is 30.5 Å². The Bertz CT molecular complexity index is 824. The molecule has 0 radical (unpaired) electrons. The highest BCUT2D eigenvalue weighted by Crippen LogP contribution is 2.29. The molecule has 1 aliphatic rings. The number of alkyl halides is 3. The van der Waals surface area contributed by atoms with Gasteiger partial charge in [-0.25, -0.2) is 0 Å². The van der Waals surface area contributed by atoms with Gasteiger partial charge in [0.25, 0.3) is 5.91 Å². The molecule has 1 unspecified atom stereocenters. The summed E-state index contributed by atoms with van der Waals surface area (Å²) in [4.78, 5) is 14.8. The second-order valence-corrected chi connectivity index (χ2v) is 7.14. The Balaban J connectivity index is 1.68. The number of likely N-dealkylation sites (tertiary alicyclic amines) is 1. The Morgan fingerprint density at radius 2 is 1.93 bits per heavy atom. The first-order chi connectivity index (χ1) is 13.9. The summed E-state index contributed by atoms with van der Waals surface area (Å²) in [6.07, 6.45) is -2.43. The van der Waals surface area contributed by atoms with E-state index >= 15 is 0 Å². The van der Waals surface area contributed by atoms with Crippen molar-refractivity contribution in [1.82, 2.24) is 4.90 Å². The SMILES string of the molecule is COc1cc(C(=O)N2CCCC(c3ccccc3)C2)ccc1COCC(F)(F)F. The summed E-state index contributed by atoms with van der Waals surface area (Å²) in [5.74, 6) is 0.534. The van der Waals surface area contributed by atoms with Crippen LogP contribution >= 0.6 is 0 Å². The molecule has 1 saturated heterocycles. The molecule has 1 atom stereocenters. The molecule has 7 heteroatoms. The molecule has 0 aromatic heterocycles. The van der Waals surface area contributed by atoms with Gasteiger partial charge in [0.15, 0.2) is 0 Å². The average Bonchev–Trinajstić information content (AvgIpc) is 2.73. The number of amides is 1. The lowest BCUT2D eigenvalue weighted by atomic mass is 9.90. The van der Waals surface area contributed by atoms with Crippen LogP contribution in [0.4, 0.5) is 13.2 Å². The molecular weight excluding hydrogens is 383 g/mol. The number of benzene rings is 2. The van der Waals surface area contributed by atoms with Crippen LogP contribution in [0.2, 0.25) is 0 Å². The zero-order chi connectivity index (χ0) is 20.9. The van der Waals surface area contributed by atoms with Gasteiger partial charge in [-0.15, -0.1) is 0 Å². The smallest absolute Gasteiger partial charge is 0.411 e. The molecule has 4 nitrogen and oxygen atoms in total. The first kappa shape index (κ1) is 21.2. The molecule has 29 heavy (non-hydrogen) atoms. The minimum atomic E-state index is -4.38. The maximum Gasteiger partial charge on any atom is 0.411 e. The highest BCUT2D eigenvalue weighted by Gasteiger charge is 2.28. The lowest BCUT2D eigenvalue weighted by molar-refractivity contribution is -0.176. The van der Waals surface area contributed by atoms with Crippen molar-refractivity contribution in [3.05, 3.63) is 65.2 Å². The molecule has 0 N–H and O–H groups in total. The largest absolute Gasteiger partial charge is 0.496 e. The number of piperidine rings is 1. The molecule has 0 spiro atoms. The van der Waals surface area contributed by atoms with Gasteiger partial charge < -0.3 is 14.4 Å². The highest BCUT2D eigenvalue weighted by molar-refractivity contribution is 5.94. The van der Waals surface area contributed by atoms with E-state index in [-0.39, 0.29) is 12.5 Å². The van der Waals surface area contributed by atoms with Crippen molar-refractivity contribution < 1.29 is 27.4 Å². The third-order valence-electron chi connectivity index (χ3n) is 5.04. The Labute approximate surface area is 168 Å². The molecule has 0 aliphatic carbocycles. The Morgan fingerprint density at radius 3 is 2.62 bits per heavy atom. The zero-order valence-electron chi connectivity index (χ0n) is 16.2. The van der Waals surface area contributed by atoms with E-state index < -0.39 is 12.8 Å². The van der Waals surface area contributed by atoms with E-state index in [1.165, 1.54) is 12.7 Å². The van der Waals surface area contributed by atoms with Crippen LogP contribution in [-0.2, 0) is 11.3 Å². The standard InChI is InChI=1S/C22H24F3NO3/c1-28-20-12-17(9-10-19(20)14-29-15-22(23,24)25)21(27)26-11-5-8-18(13-26)16-6-3-2-4-7-16/h2-4,6-7,9-10,12,18H,5,8,11,13-15H2,1H3. The quantitative estimate of drug-likeness (QED) is 0.691. The molecule has 1 fully saturated rings. The van der Waals surface area contributed by atoms with E-state index in [1.54, 1.807) is 18.2 Å². The van der Waals surface area contributed by atoms with Gasteiger partial charge in [-0.1, -0.05) is 36.4 Å². The fraction of sp³-hybridized carbons (Fsp3) is 0.409. The number of halogens is 3. The lowest BCUT2D eigenvalue weighted by Gasteiger charge is -2.33. The maximum atomic E-state index is 13.0. The summed E-state index contributed by atoms with van der Waals surface area (Å²) >= 11 is 0. The number of hydrogen-bond donors (Lipinski definition) is 0. The van der Waals surface area contributed by atoms with E-state index in [4.69, 9.17) is 9.47 Å². The third-order valence-corrected chi connectivity index (χ3v) is 5.04. The van der Waals surface area contributed by atoms with Crippen molar-refractivity contribution >= 4 is 5.91 Å². The van der Waals surface area contributed by atoms with Gasteiger partial charge in [0.2, 0.25) is 0 Å². The van der Waals surface area contributed by atoms with Gasteiger partial charge in [0.1, 0.15) is 12.4 Å². The number of methoxy groups -OCH3 is 1. The van der Waals surface area contributed by atoms with Crippen molar-refractivity contribution in [2.24, 2.45) is 0 Å². The summed E-state index contributed by atoms with van der Waals surface area (Å²) in [5.41, 5.74) is 2.14. The zero-order valence-corrected chi connectivity index (χ0v) is 16.2. The van der Waals surface area contributed by atoms with E-state index in [0.717, 1.165) is 12.8 Å². The summed E-state index contributed by atoms with van der Waals surface area (Å²) in [6.45, 7) is -0.245. The number of carbonyl (C=O) groups excluding carboxylic acids is 1. The molecular formula is C22H24F3NO3. The fourth-order valence-electron chi connectivity index (χ4n) is 3.62. The number of hydrogen-bond acceptors (Lipinski definition) is 3. The molecule has 3 rings (SSSR count). The Hall–Kier alpha value is -2.54. The van der Waals surface area contributed by atoms with Crippen LogP contribution in [-0.4, -0.2) is 43.8 Å². The number of ether oxygens (including phenoxy) is 2. The second kappa shape index (κ2) is 9.31. The predicted molar refractivity (Wildman–Crippen MR) is 103 cm³/mol. The number of rotatable bonds is 6. The highest BCUT2D eigenvalue weighted by atomic mass is 19.4. The first-order valence-electron chi connectivity index (χ1n) is 9.53. The minimum Gasteiger partial charge on any atom is -0.496 e. The van der Waals surface area contributed by atoms with E-state index in [2.05, 4.69) is 12.1 Å². The number of nitrogens with zero attached hydrogens (tertiary/aromatic N) is 1. The molecule has 0 saturated carbocycles. The van der Waals surface area contributed by atoms with Crippen LogP contribution in [0.1, 0.15) is 40.2 Å². The molecule has 2 aromatic carbocycles. The monoisotopic (exact) mass is 407 g/mol. The van der Waals surface area contributed by atoms with Crippen LogP contribution < -0.4 is 4.74 Å². The average molecular weight is 407 g/mol. The van der Waals surface area contributed by atoms with Crippen LogP contribution in [0.25, 0.3) is 0 Å². The van der Waals surface area contributed by atoms with Crippen molar-refractivity contribution in [2.45, 2.75) is 31.5 Å². The van der Waals surface area contributed by atoms with Gasteiger partial charge in [0.05, 0.1) is 13.7 Å². The molecule has 1 aliphatic heterocycles. The molecule has 2 aromatic rings. The van der Waals surface area contributed by atoms with Gasteiger partial charge >= 0.3 is 6.18 Å². The van der Waals surface area contributed by atoms with Crippen molar-refractivity contribution in [1.29, 1.82) is 0 Å². The van der Waals surface area contributed by atoms with Gasteiger partial charge in [0, 0.05) is 30.1 Å². The lowest BCUT2D eigenvalue weighted by Crippen LogP contribution is -2.39. The summed E-state index contributed by atoms with van der Waals surface area (Å²) < 4.78 is 46.8. The normalized spacial score (nSPS) is 17.2. The Morgan fingerprint density at radius 1 is 1.17 bits per heavy atom. The van der Waals surface area contributed by atoms with Crippen LogP contribution in [0.15, 0.2) is 48.5 Å². The van der Waals surface area contributed by atoms with Gasteiger partial charge in [-0.3, -0.25) is 4.79 Å². The van der Waals surface area contributed by atoms with Crippen LogP contribution in [0, 0.1) is 0 Å².